The fraction of sp³-hybridized carbons (Fsp3) is 0.947. The molecule has 1 aliphatic carbocycles. The van der Waals surface area contributed by atoms with Crippen LogP contribution in [0.15, 0.2) is 0 Å². The van der Waals surface area contributed by atoms with E-state index >= 15 is 0 Å². The second-order valence-corrected chi connectivity index (χ2v) is 7.93. The van der Waals surface area contributed by atoms with E-state index in [4.69, 9.17) is 4.74 Å². The second-order valence-electron chi connectivity index (χ2n) is 7.93. The fourth-order valence-corrected chi connectivity index (χ4v) is 4.12. The van der Waals surface area contributed by atoms with E-state index in [9.17, 15) is 4.79 Å². The summed E-state index contributed by atoms with van der Waals surface area (Å²) in [6.45, 7) is 8.86. The standard InChI is InChI=1S/C19H36N2O2/c1-15(2)17-11-18(20-12-16-7-5-4-6-8-16)14-21(13-17)10-9-19(22)23-3/h15-18,20H,4-14H2,1-3H3. The third-order valence-electron chi connectivity index (χ3n) is 5.78. The van der Waals surface area contributed by atoms with Crippen molar-refractivity contribution in [2.24, 2.45) is 17.8 Å². The highest BCUT2D eigenvalue weighted by Gasteiger charge is 2.29. The second kappa shape index (κ2) is 9.63. The first-order valence-electron chi connectivity index (χ1n) is 9.61. The zero-order valence-corrected chi connectivity index (χ0v) is 15.4. The van der Waals surface area contributed by atoms with Crippen molar-refractivity contribution >= 4 is 5.97 Å². The van der Waals surface area contributed by atoms with Crippen LogP contribution in [0, 0.1) is 17.8 Å². The van der Waals surface area contributed by atoms with Crippen molar-refractivity contribution in [3.63, 3.8) is 0 Å². The zero-order valence-electron chi connectivity index (χ0n) is 15.4. The van der Waals surface area contributed by atoms with Gasteiger partial charge in [0, 0.05) is 25.7 Å². The van der Waals surface area contributed by atoms with Crippen LogP contribution in [0.2, 0.25) is 0 Å². The number of carbonyl (C=O) groups is 1. The van der Waals surface area contributed by atoms with Gasteiger partial charge in [0.15, 0.2) is 0 Å². The third-order valence-corrected chi connectivity index (χ3v) is 5.78. The topological polar surface area (TPSA) is 41.6 Å². The SMILES string of the molecule is COC(=O)CCN1CC(NCC2CCCCC2)CC(C(C)C)C1. The van der Waals surface area contributed by atoms with Crippen molar-refractivity contribution in [1.82, 2.24) is 10.2 Å². The molecule has 23 heavy (non-hydrogen) atoms. The summed E-state index contributed by atoms with van der Waals surface area (Å²) in [6.07, 6.45) is 8.85. The molecule has 2 rings (SSSR count). The average Bonchev–Trinajstić information content (AvgIpc) is 2.58. The first-order chi connectivity index (χ1) is 11.1. The summed E-state index contributed by atoms with van der Waals surface area (Å²) in [5, 5.41) is 3.85. The summed E-state index contributed by atoms with van der Waals surface area (Å²) in [7, 11) is 1.48. The highest BCUT2D eigenvalue weighted by Crippen LogP contribution is 2.26. The van der Waals surface area contributed by atoms with Gasteiger partial charge in [-0.25, -0.2) is 0 Å². The number of ether oxygens (including phenoxy) is 1. The van der Waals surface area contributed by atoms with Crippen LogP contribution in [-0.2, 0) is 9.53 Å². The smallest absolute Gasteiger partial charge is 0.306 e. The lowest BCUT2D eigenvalue weighted by molar-refractivity contribution is -0.141. The van der Waals surface area contributed by atoms with E-state index in [0.29, 0.717) is 18.4 Å². The molecule has 0 aromatic rings. The van der Waals surface area contributed by atoms with Gasteiger partial charge in [0.1, 0.15) is 0 Å². The minimum atomic E-state index is -0.0941. The lowest BCUT2D eigenvalue weighted by atomic mass is 9.84. The van der Waals surface area contributed by atoms with Gasteiger partial charge in [-0.2, -0.15) is 0 Å². The summed E-state index contributed by atoms with van der Waals surface area (Å²) in [5.74, 6) is 2.22. The molecule has 2 fully saturated rings. The molecule has 1 N–H and O–H groups in total. The Balaban J connectivity index is 1.80. The number of carbonyl (C=O) groups excluding carboxylic acids is 1. The zero-order chi connectivity index (χ0) is 16.7. The summed E-state index contributed by atoms with van der Waals surface area (Å²) < 4.78 is 4.79. The van der Waals surface area contributed by atoms with Gasteiger partial charge in [0.25, 0.3) is 0 Å². The van der Waals surface area contributed by atoms with E-state index in [1.807, 2.05) is 0 Å². The van der Waals surface area contributed by atoms with Crippen molar-refractivity contribution in [1.29, 1.82) is 0 Å². The lowest BCUT2D eigenvalue weighted by Crippen LogP contribution is -2.51. The highest BCUT2D eigenvalue weighted by molar-refractivity contribution is 5.69. The van der Waals surface area contributed by atoms with Crippen molar-refractivity contribution in [3.8, 4) is 0 Å². The minimum absolute atomic E-state index is 0.0941. The van der Waals surface area contributed by atoms with Gasteiger partial charge < -0.3 is 15.0 Å². The van der Waals surface area contributed by atoms with E-state index in [0.717, 1.165) is 31.5 Å². The van der Waals surface area contributed by atoms with Crippen LogP contribution in [-0.4, -0.2) is 50.2 Å². The van der Waals surface area contributed by atoms with Gasteiger partial charge in [0.05, 0.1) is 13.5 Å². The molecule has 134 valence electrons. The predicted octanol–water partition coefficient (Wildman–Crippen LogP) is 3.07. The van der Waals surface area contributed by atoms with Crippen LogP contribution >= 0.6 is 0 Å². The number of nitrogens with one attached hydrogen (secondary N) is 1. The maximum Gasteiger partial charge on any atom is 0.306 e. The molecule has 2 atom stereocenters. The molecule has 0 spiro atoms. The number of rotatable bonds is 7. The Labute approximate surface area is 142 Å². The van der Waals surface area contributed by atoms with E-state index in [1.54, 1.807) is 0 Å². The quantitative estimate of drug-likeness (QED) is 0.731. The number of esters is 1. The van der Waals surface area contributed by atoms with Crippen LogP contribution in [0.3, 0.4) is 0 Å². The molecule has 0 radical (unpaired) electrons. The Morgan fingerprint density at radius 3 is 2.61 bits per heavy atom. The Hall–Kier alpha value is -0.610. The number of likely N-dealkylation sites (tertiary alicyclic amines) is 1. The molecular formula is C19H36N2O2. The monoisotopic (exact) mass is 324 g/mol. The molecule has 4 heteroatoms. The van der Waals surface area contributed by atoms with E-state index in [2.05, 4.69) is 24.1 Å². The molecule has 4 nitrogen and oxygen atoms in total. The lowest BCUT2D eigenvalue weighted by Gasteiger charge is -2.40. The molecule has 0 aromatic carbocycles. The molecule has 0 aromatic heterocycles. The van der Waals surface area contributed by atoms with E-state index in [-0.39, 0.29) is 5.97 Å². The highest BCUT2D eigenvalue weighted by atomic mass is 16.5. The van der Waals surface area contributed by atoms with Gasteiger partial charge in [0.2, 0.25) is 0 Å². The molecule has 1 saturated carbocycles. The molecule has 1 saturated heterocycles. The van der Waals surface area contributed by atoms with Crippen molar-refractivity contribution < 1.29 is 9.53 Å². The van der Waals surface area contributed by atoms with Crippen LogP contribution in [0.5, 0.6) is 0 Å². The van der Waals surface area contributed by atoms with Gasteiger partial charge in [-0.3, -0.25) is 4.79 Å². The van der Waals surface area contributed by atoms with Gasteiger partial charge in [-0.15, -0.1) is 0 Å². The van der Waals surface area contributed by atoms with Crippen molar-refractivity contribution in [2.75, 3.05) is 33.3 Å². The van der Waals surface area contributed by atoms with Gasteiger partial charge in [-0.05, 0) is 43.6 Å². The molecule has 1 aliphatic heterocycles. The maximum absolute atomic E-state index is 11.4. The normalized spacial score (nSPS) is 27.3. The Kier molecular flexibility index (Phi) is 7.84. The first-order valence-corrected chi connectivity index (χ1v) is 9.61. The average molecular weight is 325 g/mol. The Morgan fingerprint density at radius 1 is 1.22 bits per heavy atom. The summed E-state index contributed by atoms with van der Waals surface area (Å²) in [5.41, 5.74) is 0. The summed E-state index contributed by atoms with van der Waals surface area (Å²) >= 11 is 0. The number of nitrogens with zero attached hydrogens (tertiary/aromatic N) is 1. The number of methoxy groups -OCH3 is 1. The van der Waals surface area contributed by atoms with Crippen LogP contribution in [0.1, 0.15) is 58.8 Å². The summed E-state index contributed by atoms with van der Waals surface area (Å²) in [6, 6.07) is 0.579. The molecule has 1 heterocycles. The maximum atomic E-state index is 11.4. The van der Waals surface area contributed by atoms with Crippen molar-refractivity contribution in [2.45, 2.75) is 64.8 Å². The van der Waals surface area contributed by atoms with Crippen LogP contribution in [0.25, 0.3) is 0 Å². The van der Waals surface area contributed by atoms with E-state index < -0.39 is 0 Å². The predicted molar refractivity (Wildman–Crippen MR) is 94.4 cm³/mol. The number of piperidine rings is 1. The Bertz CT molecular complexity index is 353. The molecule has 0 bridgehead atoms. The largest absolute Gasteiger partial charge is 0.469 e. The van der Waals surface area contributed by atoms with Crippen molar-refractivity contribution in [3.05, 3.63) is 0 Å². The Morgan fingerprint density at radius 2 is 1.96 bits per heavy atom. The van der Waals surface area contributed by atoms with Crippen LogP contribution in [0.4, 0.5) is 0 Å². The molecule has 2 unspecified atom stereocenters. The number of hydrogen-bond donors (Lipinski definition) is 1. The molecule has 0 amide bonds. The minimum Gasteiger partial charge on any atom is -0.469 e. The van der Waals surface area contributed by atoms with Crippen LogP contribution < -0.4 is 5.32 Å². The fourth-order valence-electron chi connectivity index (χ4n) is 4.12. The molecule has 2 aliphatic rings. The van der Waals surface area contributed by atoms with Gasteiger partial charge >= 0.3 is 5.97 Å². The molecular weight excluding hydrogens is 288 g/mol. The summed E-state index contributed by atoms with van der Waals surface area (Å²) in [4.78, 5) is 13.9. The van der Waals surface area contributed by atoms with Gasteiger partial charge in [-0.1, -0.05) is 33.1 Å². The van der Waals surface area contributed by atoms with E-state index in [1.165, 1.54) is 52.2 Å². The number of hydrogen-bond acceptors (Lipinski definition) is 4. The first kappa shape index (κ1) is 18.7. The third kappa shape index (κ3) is 6.42.